The van der Waals surface area contributed by atoms with Crippen LogP contribution in [0.25, 0.3) is 0 Å². The van der Waals surface area contributed by atoms with E-state index in [-0.39, 0.29) is 10.8 Å². The molecule has 1 unspecified atom stereocenters. The van der Waals surface area contributed by atoms with Crippen molar-refractivity contribution in [3.8, 4) is 0 Å². The number of nitrogens with zero attached hydrogens (tertiary/aromatic N) is 2. The van der Waals surface area contributed by atoms with Crippen LogP contribution in [0, 0.1) is 11.6 Å². The Kier molecular flexibility index (Phi) is 5.77. The normalized spacial score (nSPS) is 12.9. The molecule has 0 fully saturated rings. The van der Waals surface area contributed by atoms with Gasteiger partial charge in [-0.15, -0.1) is 0 Å². The second-order valence-electron chi connectivity index (χ2n) is 6.08. The molecule has 0 saturated heterocycles. The summed E-state index contributed by atoms with van der Waals surface area (Å²) in [6.45, 7) is 1.69. The van der Waals surface area contributed by atoms with Crippen LogP contribution >= 0.6 is 0 Å². The second-order valence-corrected chi connectivity index (χ2v) is 8.23. The van der Waals surface area contributed by atoms with Crippen LogP contribution in [0.3, 0.4) is 0 Å². The fourth-order valence-electron chi connectivity index (χ4n) is 2.36. The van der Waals surface area contributed by atoms with Gasteiger partial charge in [0.2, 0.25) is 10.0 Å². The van der Waals surface area contributed by atoms with Crippen LogP contribution in [0.5, 0.6) is 0 Å². The van der Waals surface area contributed by atoms with Gasteiger partial charge in [-0.25, -0.2) is 21.5 Å². The minimum Gasteiger partial charge on any atom is -0.335 e. The summed E-state index contributed by atoms with van der Waals surface area (Å²) in [7, 11) is 0.808. The van der Waals surface area contributed by atoms with Crippen molar-refractivity contribution >= 4 is 15.9 Å². The molecule has 0 bridgehead atoms. The van der Waals surface area contributed by atoms with Crippen LogP contribution < -0.4 is 0 Å². The molecule has 0 aromatic heterocycles. The molecule has 0 aliphatic rings. The third kappa shape index (κ3) is 3.91. The lowest BCUT2D eigenvalue weighted by molar-refractivity contribution is 0.0742. The van der Waals surface area contributed by atoms with Gasteiger partial charge in [-0.2, -0.15) is 0 Å². The summed E-state index contributed by atoms with van der Waals surface area (Å²) in [6.07, 6.45) is 0. The maximum Gasteiger partial charge on any atom is 0.254 e. The van der Waals surface area contributed by atoms with Crippen molar-refractivity contribution in [3.63, 3.8) is 0 Å². The van der Waals surface area contributed by atoms with Gasteiger partial charge in [0, 0.05) is 26.7 Å². The molecule has 26 heavy (non-hydrogen) atoms. The summed E-state index contributed by atoms with van der Waals surface area (Å²) in [5.41, 5.74) is 0.742. The summed E-state index contributed by atoms with van der Waals surface area (Å²) in [6, 6.07) is 8.55. The van der Waals surface area contributed by atoms with Crippen LogP contribution in [0.4, 0.5) is 8.78 Å². The van der Waals surface area contributed by atoms with Gasteiger partial charge in [0.1, 0.15) is 0 Å². The van der Waals surface area contributed by atoms with Crippen molar-refractivity contribution in [2.24, 2.45) is 0 Å². The summed E-state index contributed by atoms with van der Waals surface area (Å²) in [5, 5.41) is 0. The van der Waals surface area contributed by atoms with Gasteiger partial charge in [0.25, 0.3) is 5.91 Å². The highest BCUT2D eigenvalue weighted by atomic mass is 32.2. The topological polar surface area (TPSA) is 57.7 Å². The largest absolute Gasteiger partial charge is 0.335 e. The molecule has 2 aromatic rings. The van der Waals surface area contributed by atoms with Crippen molar-refractivity contribution in [1.82, 2.24) is 9.21 Å². The van der Waals surface area contributed by atoms with Gasteiger partial charge < -0.3 is 4.90 Å². The third-order valence-electron chi connectivity index (χ3n) is 4.21. The summed E-state index contributed by atoms with van der Waals surface area (Å²) >= 11 is 0. The molecule has 140 valence electrons. The van der Waals surface area contributed by atoms with Crippen LogP contribution in [0.1, 0.15) is 28.9 Å². The number of rotatable bonds is 5. The number of carbonyl (C=O) groups is 1. The maximum atomic E-state index is 13.4. The molecule has 5 nitrogen and oxygen atoms in total. The highest BCUT2D eigenvalue weighted by molar-refractivity contribution is 7.89. The third-order valence-corrected chi connectivity index (χ3v) is 6.04. The Labute approximate surface area is 151 Å². The molecule has 1 amide bonds. The molecule has 8 heteroatoms. The summed E-state index contributed by atoms with van der Waals surface area (Å²) < 4.78 is 51.7. The van der Waals surface area contributed by atoms with Crippen molar-refractivity contribution < 1.29 is 22.0 Å². The first kappa shape index (κ1) is 20.0. The number of benzene rings is 2. The Morgan fingerprint density at radius 1 is 0.962 bits per heavy atom. The first-order valence-corrected chi connectivity index (χ1v) is 9.24. The number of sulfonamides is 1. The summed E-state index contributed by atoms with van der Waals surface area (Å²) in [5.74, 6) is -2.29. The standard InChI is InChI=1S/C18H20F2N2O3S/c1-12(14-7-10-16(19)17(20)11-14)22(4)18(23)13-5-8-15(9-6-13)26(24,25)21(2)3/h5-12H,1-4H3. The molecule has 0 heterocycles. The average Bonchev–Trinajstić information content (AvgIpc) is 2.62. The zero-order chi connectivity index (χ0) is 19.6. The molecule has 0 aliphatic carbocycles. The maximum absolute atomic E-state index is 13.4. The van der Waals surface area contributed by atoms with Gasteiger partial charge in [-0.3, -0.25) is 4.79 Å². The predicted octanol–water partition coefficient (Wildman–Crippen LogP) is 3.05. The molecular weight excluding hydrogens is 362 g/mol. The molecule has 0 spiro atoms. The lowest BCUT2D eigenvalue weighted by atomic mass is 10.1. The van der Waals surface area contributed by atoms with E-state index < -0.39 is 27.7 Å². The number of hydrogen-bond donors (Lipinski definition) is 0. The molecule has 0 saturated carbocycles. The number of amides is 1. The van der Waals surface area contributed by atoms with E-state index in [1.807, 2.05) is 0 Å². The Hall–Kier alpha value is -2.32. The smallest absolute Gasteiger partial charge is 0.254 e. The minimum atomic E-state index is -3.58. The Morgan fingerprint density at radius 3 is 2.04 bits per heavy atom. The van der Waals surface area contributed by atoms with Crippen LogP contribution in [-0.2, 0) is 10.0 Å². The lowest BCUT2D eigenvalue weighted by Gasteiger charge is -2.25. The highest BCUT2D eigenvalue weighted by Gasteiger charge is 2.22. The molecule has 1 atom stereocenters. The molecule has 0 aliphatic heterocycles. The second kappa shape index (κ2) is 7.51. The van der Waals surface area contributed by atoms with Gasteiger partial charge in [0.05, 0.1) is 10.9 Å². The van der Waals surface area contributed by atoms with E-state index in [4.69, 9.17) is 0 Å². The molecule has 0 radical (unpaired) electrons. The van der Waals surface area contributed by atoms with Gasteiger partial charge >= 0.3 is 0 Å². The van der Waals surface area contributed by atoms with E-state index in [2.05, 4.69) is 0 Å². The molecular formula is C18H20F2N2O3S. The molecule has 2 rings (SSSR count). The van der Waals surface area contributed by atoms with Gasteiger partial charge in [-0.1, -0.05) is 6.07 Å². The Balaban J connectivity index is 2.23. The molecule has 0 N–H and O–H groups in total. The predicted molar refractivity (Wildman–Crippen MR) is 94.2 cm³/mol. The van der Waals surface area contributed by atoms with E-state index in [1.165, 1.54) is 49.3 Å². The van der Waals surface area contributed by atoms with E-state index in [0.29, 0.717) is 11.1 Å². The number of hydrogen-bond acceptors (Lipinski definition) is 3. The number of carbonyl (C=O) groups excluding carboxylic acids is 1. The van der Waals surface area contributed by atoms with Gasteiger partial charge in [-0.05, 0) is 48.9 Å². The number of halogens is 2. The zero-order valence-corrected chi connectivity index (χ0v) is 15.7. The van der Waals surface area contributed by atoms with Crippen LogP contribution in [-0.4, -0.2) is 44.7 Å². The van der Waals surface area contributed by atoms with E-state index in [0.717, 1.165) is 16.4 Å². The fourth-order valence-corrected chi connectivity index (χ4v) is 3.26. The highest BCUT2D eigenvalue weighted by Crippen LogP contribution is 2.23. The van der Waals surface area contributed by atoms with Crippen molar-refractivity contribution in [3.05, 3.63) is 65.2 Å². The van der Waals surface area contributed by atoms with Gasteiger partial charge in [0.15, 0.2) is 11.6 Å². The SMILES string of the molecule is CC(c1ccc(F)c(F)c1)N(C)C(=O)c1ccc(S(=O)(=O)N(C)C)cc1. The van der Waals surface area contributed by atoms with Crippen LogP contribution in [0.2, 0.25) is 0 Å². The zero-order valence-electron chi connectivity index (χ0n) is 14.9. The quantitative estimate of drug-likeness (QED) is 0.799. The van der Waals surface area contributed by atoms with Crippen LogP contribution in [0.15, 0.2) is 47.4 Å². The molecule has 2 aromatic carbocycles. The summed E-state index contributed by atoms with van der Waals surface area (Å²) in [4.78, 5) is 14.1. The van der Waals surface area contributed by atoms with E-state index in [1.54, 1.807) is 14.0 Å². The minimum absolute atomic E-state index is 0.0790. The first-order chi connectivity index (χ1) is 12.1. The fraction of sp³-hybridized carbons (Fsp3) is 0.278. The van der Waals surface area contributed by atoms with Crippen molar-refractivity contribution in [1.29, 1.82) is 0 Å². The first-order valence-electron chi connectivity index (χ1n) is 7.80. The van der Waals surface area contributed by atoms with Crippen molar-refractivity contribution in [2.45, 2.75) is 17.9 Å². The van der Waals surface area contributed by atoms with E-state index >= 15 is 0 Å². The average molecular weight is 382 g/mol. The lowest BCUT2D eigenvalue weighted by Crippen LogP contribution is -2.30. The monoisotopic (exact) mass is 382 g/mol. The van der Waals surface area contributed by atoms with E-state index in [9.17, 15) is 22.0 Å². The Morgan fingerprint density at radius 2 is 1.54 bits per heavy atom. The Bertz CT molecular complexity index is 913. The van der Waals surface area contributed by atoms with Crippen molar-refractivity contribution in [2.75, 3.05) is 21.1 Å².